The van der Waals surface area contributed by atoms with E-state index in [9.17, 15) is 18.0 Å². The molecule has 2 fully saturated rings. The minimum atomic E-state index is -3.58. The van der Waals surface area contributed by atoms with E-state index in [-0.39, 0.29) is 34.5 Å². The molecule has 0 aliphatic carbocycles. The van der Waals surface area contributed by atoms with Gasteiger partial charge in [-0.3, -0.25) is 9.59 Å². The average Bonchev–Trinajstić information content (AvgIpc) is 2.83. The number of hydrogen-bond acceptors (Lipinski definition) is 6. The highest BCUT2D eigenvalue weighted by atomic mass is 32.2. The van der Waals surface area contributed by atoms with Crippen LogP contribution in [-0.2, 0) is 24.3 Å². The molecular formula is C23H34N2O6S. The Morgan fingerprint density at radius 1 is 1.00 bits per heavy atom. The molecule has 2 aliphatic heterocycles. The molecule has 2 atom stereocenters. The minimum absolute atomic E-state index is 0.100. The van der Waals surface area contributed by atoms with Crippen LogP contribution in [0.5, 0.6) is 5.75 Å². The summed E-state index contributed by atoms with van der Waals surface area (Å²) in [7, 11) is -0.641. The number of amides is 1. The number of sulfonamides is 1. The Bertz CT molecular complexity index is 894. The number of carbonyl (C=O) groups excluding carboxylic acids is 2. The van der Waals surface area contributed by atoms with Gasteiger partial charge in [0.25, 0.3) is 0 Å². The summed E-state index contributed by atoms with van der Waals surface area (Å²) in [5.74, 6) is 0.681. The molecule has 1 aromatic carbocycles. The molecule has 2 aliphatic rings. The summed E-state index contributed by atoms with van der Waals surface area (Å²) in [6.45, 7) is 4.02. The number of carbonyl (C=O) groups is 2. The number of hydrogen-bond donors (Lipinski definition) is 0. The van der Waals surface area contributed by atoms with E-state index in [1.54, 1.807) is 35.7 Å². The van der Waals surface area contributed by atoms with Crippen molar-refractivity contribution in [3.63, 3.8) is 0 Å². The number of piperidine rings is 2. The van der Waals surface area contributed by atoms with Crippen molar-refractivity contribution >= 4 is 21.9 Å². The Balaban J connectivity index is 1.58. The lowest BCUT2D eigenvalue weighted by Crippen LogP contribution is -2.46. The maximum Gasteiger partial charge on any atom is 0.308 e. The van der Waals surface area contributed by atoms with Crippen LogP contribution < -0.4 is 4.74 Å². The second-order valence-corrected chi connectivity index (χ2v) is 10.6. The zero-order chi connectivity index (χ0) is 23.3. The van der Waals surface area contributed by atoms with Crippen LogP contribution in [0.4, 0.5) is 0 Å². The Morgan fingerprint density at radius 3 is 2.22 bits per heavy atom. The van der Waals surface area contributed by atoms with Crippen LogP contribution in [0.1, 0.15) is 39.0 Å². The number of likely N-dealkylation sites (tertiary alicyclic amines) is 1. The SMILES string of the molecule is CC[C@@H]1CN(S(=O)(=O)c2ccc(OC)cc2)CC[C@H]1CC(=O)N1CCC(C(=O)OC)CC1. The molecule has 3 rings (SSSR count). The van der Waals surface area contributed by atoms with Gasteiger partial charge in [-0.25, -0.2) is 8.42 Å². The van der Waals surface area contributed by atoms with Crippen LogP contribution in [0.2, 0.25) is 0 Å². The quantitative estimate of drug-likeness (QED) is 0.574. The normalized spacial score (nSPS) is 23.0. The van der Waals surface area contributed by atoms with Gasteiger partial charge in [0.05, 0.1) is 25.0 Å². The van der Waals surface area contributed by atoms with Crippen molar-refractivity contribution in [3.8, 4) is 5.75 Å². The van der Waals surface area contributed by atoms with Crippen LogP contribution in [-0.4, -0.2) is 69.9 Å². The van der Waals surface area contributed by atoms with Gasteiger partial charge in [0.2, 0.25) is 15.9 Å². The lowest BCUT2D eigenvalue weighted by Gasteiger charge is -2.38. The zero-order valence-electron chi connectivity index (χ0n) is 19.2. The van der Waals surface area contributed by atoms with E-state index >= 15 is 0 Å². The third kappa shape index (κ3) is 5.43. The maximum absolute atomic E-state index is 13.1. The van der Waals surface area contributed by atoms with Crippen molar-refractivity contribution in [2.75, 3.05) is 40.4 Å². The summed E-state index contributed by atoms with van der Waals surface area (Å²) in [6.07, 6.45) is 3.18. The molecule has 178 valence electrons. The fraction of sp³-hybridized carbons (Fsp3) is 0.652. The maximum atomic E-state index is 13.1. The molecule has 0 saturated carbocycles. The Labute approximate surface area is 190 Å². The van der Waals surface area contributed by atoms with Gasteiger partial charge in [0.15, 0.2) is 0 Å². The first-order chi connectivity index (χ1) is 15.3. The van der Waals surface area contributed by atoms with E-state index in [2.05, 4.69) is 0 Å². The molecule has 8 nitrogen and oxygen atoms in total. The van der Waals surface area contributed by atoms with E-state index in [1.165, 1.54) is 7.11 Å². The second kappa shape index (κ2) is 10.7. The third-order valence-corrected chi connectivity index (χ3v) is 8.77. The molecule has 2 heterocycles. The predicted octanol–water partition coefficient (Wildman–Crippen LogP) is 2.53. The summed E-state index contributed by atoms with van der Waals surface area (Å²) in [6, 6.07) is 6.45. The van der Waals surface area contributed by atoms with Gasteiger partial charge < -0.3 is 14.4 Å². The number of methoxy groups -OCH3 is 2. The van der Waals surface area contributed by atoms with E-state index in [4.69, 9.17) is 9.47 Å². The summed E-state index contributed by atoms with van der Waals surface area (Å²) in [5.41, 5.74) is 0. The lowest BCUT2D eigenvalue weighted by atomic mass is 9.82. The highest BCUT2D eigenvalue weighted by Gasteiger charge is 2.37. The molecule has 1 amide bonds. The fourth-order valence-corrected chi connectivity index (χ4v) is 6.29. The second-order valence-electron chi connectivity index (χ2n) is 8.64. The first-order valence-electron chi connectivity index (χ1n) is 11.3. The van der Waals surface area contributed by atoms with Gasteiger partial charge in [-0.1, -0.05) is 13.3 Å². The number of esters is 1. The highest BCUT2D eigenvalue weighted by molar-refractivity contribution is 7.89. The van der Waals surface area contributed by atoms with Gasteiger partial charge in [-0.15, -0.1) is 0 Å². The molecule has 2 saturated heterocycles. The van der Waals surface area contributed by atoms with Gasteiger partial charge in [0, 0.05) is 32.6 Å². The molecular weight excluding hydrogens is 432 g/mol. The number of ether oxygens (including phenoxy) is 2. The van der Waals surface area contributed by atoms with E-state index in [0.29, 0.717) is 57.6 Å². The van der Waals surface area contributed by atoms with Gasteiger partial charge >= 0.3 is 5.97 Å². The van der Waals surface area contributed by atoms with Gasteiger partial charge in [0.1, 0.15) is 5.75 Å². The number of rotatable bonds is 7. The predicted molar refractivity (Wildman–Crippen MR) is 120 cm³/mol. The largest absolute Gasteiger partial charge is 0.497 e. The molecule has 32 heavy (non-hydrogen) atoms. The summed E-state index contributed by atoms with van der Waals surface area (Å²) in [5, 5.41) is 0. The summed E-state index contributed by atoms with van der Waals surface area (Å²) < 4.78 is 37.7. The smallest absolute Gasteiger partial charge is 0.308 e. The molecule has 0 bridgehead atoms. The third-order valence-electron chi connectivity index (χ3n) is 6.89. The molecule has 1 aromatic rings. The van der Waals surface area contributed by atoms with E-state index in [0.717, 1.165) is 6.42 Å². The van der Waals surface area contributed by atoms with Crippen LogP contribution in [0.15, 0.2) is 29.2 Å². The average molecular weight is 467 g/mol. The Kier molecular flexibility index (Phi) is 8.16. The number of nitrogens with zero attached hydrogens (tertiary/aromatic N) is 2. The summed E-state index contributed by atoms with van der Waals surface area (Å²) in [4.78, 5) is 26.7. The van der Waals surface area contributed by atoms with Gasteiger partial charge in [-0.05, 0) is 55.4 Å². The Morgan fingerprint density at radius 2 is 1.66 bits per heavy atom. The fourth-order valence-electron chi connectivity index (χ4n) is 4.78. The van der Waals surface area contributed by atoms with E-state index in [1.807, 2.05) is 11.8 Å². The first-order valence-corrected chi connectivity index (χ1v) is 12.7. The van der Waals surface area contributed by atoms with E-state index < -0.39 is 10.0 Å². The topological polar surface area (TPSA) is 93.2 Å². The van der Waals surface area contributed by atoms with Gasteiger partial charge in [-0.2, -0.15) is 4.31 Å². The van der Waals surface area contributed by atoms with Crippen molar-refractivity contribution < 1.29 is 27.5 Å². The van der Waals surface area contributed by atoms with Crippen LogP contribution in [0.25, 0.3) is 0 Å². The van der Waals surface area contributed by atoms with Crippen LogP contribution in [0.3, 0.4) is 0 Å². The number of benzene rings is 1. The molecule has 0 N–H and O–H groups in total. The summed E-state index contributed by atoms with van der Waals surface area (Å²) >= 11 is 0. The minimum Gasteiger partial charge on any atom is -0.497 e. The highest BCUT2D eigenvalue weighted by Crippen LogP contribution is 2.33. The first kappa shape index (κ1) is 24.5. The van der Waals surface area contributed by atoms with Crippen LogP contribution in [0, 0.1) is 17.8 Å². The molecule has 0 radical (unpaired) electrons. The molecule has 0 aromatic heterocycles. The standard InChI is InChI=1S/C23H34N2O6S/c1-4-17-16-25(32(28,29)21-7-5-20(30-2)6-8-21)14-11-19(17)15-22(26)24-12-9-18(10-13-24)23(27)31-3/h5-8,17-19H,4,9-16H2,1-3H3/t17-,19+/m1/s1. The molecule has 9 heteroatoms. The lowest BCUT2D eigenvalue weighted by molar-refractivity contribution is -0.149. The van der Waals surface area contributed by atoms with Crippen LogP contribution >= 0.6 is 0 Å². The Hall–Kier alpha value is -2.13. The monoisotopic (exact) mass is 466 g/mol. The molecule has 0 spiro atoms. The van der Waals surface area contributed by atoms with Crippen molar-refractivity contribution in [1.82, 2.24) is 9.21 Å². The van der Waals surface area contributed by atoms with Crippen molar-refractivity contribution in [3.05, 3.63) is 24.3 Å². The van der Waals surface area contributed by atoms with Crippen molar-refractivity contribution in [2.24, 2.45) is 17.8 Å². The zero-order valence-corrected chi connectivity index (χ0v) is 20.0. The molecule has 0 unspecified atom stereocenters. The van der Waals surface area contributed by atoms with Crippen molar-refractivity contribution in [2.45, 2.75) is 43.9 Å². The van der Waals surface area contributed by atoms with Crippen molar-refractivity contribution in [1.29, 1.82) is 0 Å².